The number of amides is 1. The summed E-state index contributed by atoms with van der Waals surface area (Å²) in [6.07, 6.45) is 3.72. The largest absolute Gasteiger partial charge is 0.356 e. The second-order valence-electron chi connectivity index (χ2n) is 7.62. The molecule has 1 amide bonds. The van der Waals surface area contributed by atoms with Crippen LogP contribution in [0.5, 0.6) is 0 Å². The zero-order chi connectivity index (χ0) is 20.4. The molecule has 0 bridgehead atoms. The fraction of sp³-hybridized carbons (Fsp3) is 0.476. The number of piperidine rings is 1. The van der Waals surface area contributed by atoms with Crippen LogP contribution in [-0.4, -0.2) is 60.0 Å². The van der Waals surface area contributed by atoms with Gasteiger partial charge in [0.25, 0.3) is 5.91 Å². The van der Waals surface area contributed by atoms with Crippen LogP contribution in [0, 0.1) is 6.92 Å². The van der Waals surface area contributed by atoms with Crippen molar-refractivity contribution in [3.8, 4) is 0 Å². The van der Waals surface area contributed by atoms with E-state index in [1.165, 1.54) is 19.3 Å². The summed E-state index contributed by atoms with van der Waals surface area (Å²) in [4.78, 5) is 28.7. The lowest BCUT2D eigenvalue weighted by molar-refractivity contribution is 0.0746. The third-order valence-corrected chi connectivity index (χ3v) is 6.07. The van der Waals surface area contributed by atoms with Gasteiger partial charge in [-0.3, -0.25) is 4.79 Å². The number of rotatable bonds is 3. The first-order valence-electron chi connectivity index (χ1n) is 10.1. The first kappa shape index (κ1) is 20.2. The Labute approximate surface area is 181 Å². The lowest BCUT2D eigenvalue weighted by Gasteiger charge is -2.35. The molecule has 0 unspecified atom stereocenters. The molecule has 8 heteroatoms. The molecule has 2 aliphatic rings. The number of benzene rings is 1. The van der Waals surface area contributed by atoms with E-state index in [2.05, 4.69) is 20.9 Å². The van der Waals surface area contributed by atoms with Crippen molar-refractivity contribution in [3.05, 3.63) is 45.6 Å². The molecule has 0 radical (unpaired) electrons. The summed E-state index contributed by atoms with van der Waals surface area (Å²) >= 11 is 12.2. The van der Waals surface area contributed by atoms with E-state index in [1.807, 2.05) is 11.8 Å². The summed E-state index contributed by atoms with van der Waals surface area (Å²) in [6.45, 7) is 6.73. The minimum absolute atomic E-state index is 0.0644. The Kier molecular flexibility index (Phi) is 6.11. The van der Waals surface area contributed by atoms with E-state index in [9.17, 15) is 4.79 Å². The third-order valence-electron chi connectivity index (χ3n) is 5.52. The van der Waals surface area contributed by atoms with Crippen molar-refractivity contribution >= 4 is 40.9 Å². The second-order valence-corrected chi connectivity index (χ2v) is 8.46. The van der Waals surface area contributed by atoms with Gasteiger partial charge in [0.05, 0.1) is 10.6 Å². The monoisotopic (exact) mass is 433 g/mol. The molecule has 2 fully saturated rings. The number of carbonyl (C=O) groups is 1. The highest BCUT2D eigenvalue weighted by Crippen LogP contribution is 2.24. The Morgan fingerprint density at radius 2 is 1.62 bits per heavy atom. The van der Waals surface area contributed by atoms with E-state index in [1.54, 1.807) is 18.2 Å². The lowest BCUT2D eigenvalue weighted by atomic mass is 10.1. The van der Waals surface area contributed by atoms with E-state index < -0.39 is 0 Å². The summed E-state index contributed by atoms with van der Waals surface area (Å²) in [5, 5.41) is 0.913. The number of hydrogen-bond acceptors (Lipinski definition) is 5. The summed E-state index contributed by atoms with van der Waals surface area (Å²) in [5.74, 6) is 1.70. The maximum absolute atomic E-state index is 12.8. The van der Waals surface area contributed by atoms with Gasteiger partial charge in [-0.2, -0.15) is 4.98 Å². The quantitative estimate of drug-likeness (QED) is 0.730. The zero-order valence-corrected chi connectivity index (χ0v) is 18.1. The Balaban J connectivity index is 1.44. The van der Waals surface area contributed by atoms with E-state index in [0.717, 1.165) is 30.5 Å². The van der Waals surface area contributed by atoms with E-state index in [-0.39, 0.29) is 5.91 Å². The number of piperazine rings is 1. The van der Waals surface area contributed by atoms with Crippen molar-refractivity contribution in [2.75, 3.05) is 49.1 Å². The topological polar surface area (TPSA) is 52.6 Å². The molecule has 1 aromatic carbocycles. The predicted molar refractivity (Wildman–Crippen MR) is 117 cm³/mol. The van der Waals surface area contributed by atoms with Crippen LogP contribution in [0.15, 0.2) is 24.3 Å². The van der Waals surface area contributed by atoms with E-state index >= 15 is 0 Å². The van der Waals surface area contributed by atoms with Gasteiger partial charge in [0.1, 0.15) is 5.82 Å². The molecule has 1 aromatic heterocycles. The number of aromatic nitrogens is 2. The number of aryl methyl sites for hydroxylation is 1. The second kappa shape index (κ2) is 8.76. The Morgan fingerprint density at radius 1 is 0.897 bits per heavy atom. The molecule has 2 aliphatic heterocycles. The van der Waals surface area contributed by atoms with Crippen LogP contribution in [0.25, 0.3) is 0 Å². The normalized spacial score (nSPS) is 17.6. The molecule has 3 heterocycles. The molecule has 4 rings (SSSR count). The van der Waals surface area contributed by atoms with Gasteiger partial charge in [0, 0.05) is 56.1 Å². The van der Waals surface area contributed by atoms with Gasteiger partial charge in [0.15, 0.2) is 0 Å². The molecule has 154 valence electrons. The van der Waals surface area contributed by atoms with Crippen LogP contribution < -0.4 is 9.80 Å². The smallest absolute Gasteiger partial charge is 0.255 e. The molecular formula is C21H25Cl2N5O. The van der Waals surface area contributed by atoms with Gasteiger partial charge in [-0.15, -0.1) is 0 Å². The number of hydrogen-bond donors (Lipinski definition) is 0. The molecule has 0 saturated carbocycles. The van der Waals surface area contributed by atoms with Crippen molar-refractivity contribution < 1.29 is 4.79 Å². The van der Waals surface area contributed by atoms with Crippen molar-refractivity contribution in [2.45, 2.75) is 26.2 Å². The highest BCUT2D eigenvalue weighted by atomic mass is 35.5. The molecule has 0 N–H and O–H groups in total. The Morgan fingerprint density at radius 3 is 2.31 bits per heavy atom. The van der Waals surface area contributed by atoms with Crippen LogP contribution in [0.4, 0.5) is 11.8 Å². The van der Waals surface area contributed by atoms with Gasteiger partial charge in [-0.1, -0.05) is 23.2 Å². The maximum Gasteiger partial charge on any atom is 0.255 e. The number of anilines is 2. The molecule has 0 aliphatic carbocycles. The van der Waals surface area contributed by atoms with Gasteiger partial charge in [-0.05, 0) is 44.4 Å². The highest BCUT2D eigenvalue weighted by Gasteiger charge is 2.25. The first-order valence-corrected chi connectivity index (χ1v) is 10.9. The minimum Gasteiger partial charge on any atom is -0.356 e. The van der Waals surface area contributed by atoms with E-state index in [0.29, 0.717) is 41.8 Å². The molecule has 2 saturated heterocycles. The Bertz CT molecular complexity index is 893. The van der Waals surface area contributed by atoms with Crippen molar-refractivity contribution in [3.63, 3.8) is 0 Å². The summed E-state index contributed by atoms with van der Waals surface area (Å²) in [6, 6.07) is 7.06. The fourth-order valence-corrected chi connectivity index (χ4v) is 4.40. The summed E-state index contributed by atoms with van der Waals surface area (Å²) < 4.78 is 0. The molecule has 0 atom stereocenters. The molecular weight excluding hydrogens is 409 g/mol. The van der Waals surface area contributed by atoms with Crippen LogP contribution >= 0.6 is 23.2 Å². The average molecular weight is 434 g/mol. The number of nitrogens with zero attached hydrogens (tertiary/aromatic N) is 5. The predicted octanol–water partition coefficient (Wildman–Crippen LogP) is 4.04. The van der Waals surface area contributed by atoms with Crippen LogP contribution in [-0.2, 0) is 0 Å². The standard InChI is InChI=1S/C21H25Cl2N5O/c1-15-13-19(26-7-3-2-4-8-26)25-21(24-15)28-11-9-27(10-12-28)20(29)17-6-5-16(22)14-18(17)23/h5-6,13-14H,2-4,7-12H2,1H3. The molecule has 29 heavy (non-hydrogen) atoms. The summed E-state index contributed by atoms with van der Waals surface area (Å²) in [7, 11) is 0. The van der Waals surface area contributed by atoms with Crippen LogP contribution in [0.3, 0.4) is 0 Å². The lowest BCUT2D eigenvalue weighted by Crippen LogP contribution is -2.49. The maximum atomic E-state index is 12.8. The SMILES string of the molecule is Cc1cc(N2CCCCC2)nc(N2CCN(C(=O)c3ccc(Cl)cc3Cl)CC2)n1. The van der Waals surface area contributed by atoms with Crippen molar-refractivity contribution in [1.29, 1.82) is 0 Å². The van der Waals surface area contributed by atoms with Crippen LogP contribution in [0.1, 0.15) is 35.3 Å². The van der Waals surface area contributed by atoms with Crippen LogP contribution in [0.2, 0.25) is 10.0 Å². The van der Waals surface area contributed by atoms with Crippen molar-refractivity contribution in [1.82, 2.24) is 14.9 Å². The fourth-order valence-electron chi connectivity index (χ4n) is 3.91. The zero-order valence-electron chi connectivity index (χ0n) is 16.6. The molecule has 0 spiro atoms. The summed E-state index contributed by atoms with van der Waals surface area (Å²) in [5.41, 5.74) is 1.46. The third kappa shape index (κ3) is 4.59. The van der Waals surface area contributed by atoms with Gasteiger partial charge in [0.2, 0.25) is 5.95 Å². The number of carbonyl (C=O) groups excluding carboxylic acids is 1. The van der Waals surface area contributed by atoms with E-state index in [4.69, 9.17) is 28.2 Å². The molecule has 6 nitrogen and oxygen atoms in total. The average Bonchev–Trinajstić information content (AvgIpc) is 2.74. The Hall–Kier alpha value is -2.05. The first-order chi connectivity index (χ1) is 14.0. The van der Waals surface area contributed by atoms with Crippen molar-refractivity contribution in [2.24, 2.45) is 0 Å². The van der Waals surface area contributed by atoms with Gasteiger partial charge >= 0.3 is 0 Å². The highest BCUT2D eigenvalue weighted by molar-refractivity contribution is 6.36. The van der Waals surface area contributed by atoms with Gasteiger partial charge < -0.3 is 14.7 Å². The number of halogens is 2. The molecule has 2 aromatic rings. The van der Waals surface area contributed by atoms with Gasteiger partial charge in [-0.25, -0.2) is 4.98 Å². The minimum atomic E-state index is -0.0644.